The number of carbonyl (C=O) groups is 1. The van der Waals surface area contributed by atoms with Crippen LogP contribution in [0.3, 0.4) is 0 Å². The number of fused-ring (bicyclic) bond motifs is 5. The number of phosphoric ester groups is 2. The molecule has 0 aromatic heterocycles. The second kappa shape index (κ2) is 14.5. The quantitative estimate of drug-likeness (QED) is 0.152. The van der Waals surface area contributed by atoms with Crippen molar-refractivity contribution in [2.45, 2.75) is 136 Å². The van der Waals surface area contributed by atoms with E-state index in [4.69, 9.17) is 23.6 Å². The summed E-state index contributed by atoms with van der Waals surface area (Å²) >= 11 is 0. The summed E-state index contributed by atoms with van der Waals surface area (Å²) < 4.78 is 44.4. The summed E-state index contributed by atoms with van der Waals surface area (Å²) in [6.45, 7) is 10.7. The minimum Gasteiger partial charge on any atom is -0.387 e. The molecular formula is C33H56O13P2. The molecule has 0 aromatic carbocycles. The molecule has 0 amide bonds. The first-order valence-corrected chi connectivity index (χ1v) is 20.6. The molecule has 1 saturated heterocycles. The summed E-state index contributed by atoms with van der Waals surface area (Å²) in [6.07, 6.45) is 1.07. The predicted molar refractivity (Wildman–Crippen MR) is 174 cm³/mol. The van der Waals surface area contributed by atoms with Gasteiger partial charge in [-0.2, -0.15) is 0 Å². The van der Waals surface area contributed by atoms with Crippen molar-refractivity contribution in [1.82, 2.24) is 0 Å². The average Bonchev–Trinajstić information content (AvgIpc) is 3.34. The van der Waals surface area contributed by atoms with Crippen molar-refractivity contribution in [2.75, 3.05) is 6.61 Å². The zero-order valence-electron chi connectivity index (χ0n) is 28.7. The van der Waals surface area contributed by atoms with E-state index in [0.29, 0.717) is 36.5 Å². The van der Waals surface area contributed by atoms with Gasteiger partial charge in [-0.15, -0.1) is 0 Å². The Balaban J connectivity index is 1.23. The Labute approximate surface area is 283 Å². The van der Waals surface area contributed by atoms with Gasteiger partial charge in [0.2, 0.25) is 0 Å². The second-order valence-electron chi connectivity index (χ2n) is 16.1. The molecule has 3 saturated carbocycles. The Kier molecular flexibility index (Phi) is 11.7. The molecule has 4 aliphatic carbocycles. The third-order valence-electron chi connectivity index (χ3n) is 12.7. The Bertz CT molecular complexity index is 1300. The fourth-order valence-corrected chi connectivity index (χ4v) is 11.5. The molecule has 1 heterocycles. The van der Waals surface area contributed by atoms with Gasteiger partial charge in [-0.25, -0.2) is 9.13 Å². The van der Waals surface area contributed by atoms with Gasteiger partial charge in [0.1, 0.15) is 24.4 Å². The number of ketones is 1. The zero-order chi connectivity index (χ0) is 35.4. The van der Waals surface area contributed by atoms with Crippen molar-refractivity contribution in [1.29, 1.82) is 0 Å². The highest BCUT2D eigenvalue weighted by Crippen LogP contribution is 2.67. The highest BCUT2D eigenvalue weighted by molar-refractivity contribution is 7.47. The first-order chi connectivity index (χ1) is 22.3. The molecule has 276 valence electrons. The predicted octanol–water partition coefficient (Wildman–Crippen LogP) is 4.63. The van der Waals surface area contributed by atoms with E-state index < -0.39 is 59.1 Å². The van der Waals surface area contributed by atoms with Gasteiger partial charge in [0.25, 0.3) is 0 Å². The molecule has 15 heteroatoms. The molecule has 5 aliphatic rings. The van der Waals surface area contributed by atoms with Crippen LogP contribution in [0.2, 0.25) is 0 Å². The second-order valence-corrected chi connectivity index (χ2v) is 18.7. The van der Waals surface area contributed by atoms with Gasteiger partial charge in [-0.3, -0.25) is 18.4 Å². The third-order valence-corrected chi connectivity index (χ3v) is 14.2. The van der Waals surface area contributed by atoms with Crippen LogP contribution in [0.25, 0.3) is 0 Å². The highest BCUT2D eigenvalue weighted by Gasteiger charge is 2.61. The smallest absolute Gasteiger partial charge is 0.387 e. The van der Waals surface area contributed by atoms with Crippen LogP contribution < -0.4 is 0 Å². The number of aliphatic hydroxyl groups is 3. The van der Waals surface area contributed by atoms with E-state index in [1.54, 1.807) is 6.08 Å². The number of carbonyl (C=O) groups excluding carboxylic acids is 1. The first kappa shape index (κ1) is 38.7. The van der Waals surface area contributed by atoms with Crippen LogP contribution in [-0.2, 0) is 32.2 Å². The topological polar surface area (TPSA) is 210 Å². The molecule has 0 spiro atoms. The molecule has 0 aromatic rings. The van der Waals surface area contributed by atoms with Gasteiger partial charge >= 0.3 is 15.6 Å². The zero-order valence-corrected chi connectivity index (χ0v) is 30.5. The molecule has 1 aliphatic heterocycles. The van der Waals surface area contributed by atoms with E-state index >= 15 is 0 Å². The summed E-state index contributed by atoms with van der Waals surface area (Å²) in [5.41, 5.74) is 0.816. The number of rotatable bonds is 12. The molecule has 13 nitrogen and oxygen atoms in total. The van der Waals surface area contributed by atoms with Gasteiger partial charge in [-0.1, -0.05) is 59.5 Å². The highest BCUT2D eigenvalue weighted by atomic mass is 31.2. The maximum absolute atomic E-state index is 13.9. The lowest BCUT2D eigenvalue weighted by molar-refractivity contribution is -0.280. The number of phosphoric acid groups is 2. The van der Waals surface area contributed by atoms with E-state index in [9.17, 15) is 34.1 Å². The Hall–Kier alpha value is -0.530. The van der Waals surface area contributed by atoms with Gasteiger partial charge in [0.05, 0.1) is 12.7 Å². The molecule has 48 heavy (non-hydrogen) atoms. The van der Waals surface area contributed by atoms with Crippen LogP contribution in [0.15, 0.2) is 11.6 Å². The molecule has 14 atom stereocenters. The summed E-state index contributed by atoms with van der Waals surface area (Å²) in [4.78, 5) is 42.5. The minimum atomic E-state index is -4.97. The van der Waals surface area contributed by atoms with E-state index in [-0.39, 0.29) is 34.9 Å². The SMILES string of the molecule is CC(C)CCC[C@@H](C)[C@H]1CC[C@H]2[C@@H]3C(=O)C=C4C[C@@H](OP(=O)(O)O[C@H]5O[C@H](COP(=O)(O)O)[C@@H](O)[C@H](O)[C@@H]5O)CC[C@]4(C)[C@H]3CC[C@]12C. The molecule has 5 rings (SSSR count). The molecule has 0 radical (unpaired) electrons. The van der Waals surface area contributed by atoms with Crippen LogP contribution in [0, 0.1) is 46.3 Å². The van der Waals surface area contributed by atoms with E-state index in [2.05, 4.69) is 39.1 Å². The fourth-order valence-electron chi connectivity index (χ4n) is 10.1. The van der Waals surface area contributed by atoms with Crippen molar-refractivity contribution in [3.05, 3.63) is 11.6 Å². The lowest BCUT2D eigenvalue weighted by atomic mass is 9.46. The van der Waals surface area contributed by atoms with E-state index in [1.165, 1.54) is 25.7 Å². The maximum Gasteiger partial charge on any atom is 0.474 e. The minimum absolute atomic E-state index is 0.0238. The number of aliphatic hydroxyl groups excluding tert-OH is 3. The normalized spacial score (nSPS) is 43.6. The van der Waals surface area contributed by atoms with Gasteiger partial charge in [0, 0.05) is 5.92 Å². The summed E-state index contributed by atoms with van der Waals surface area (Å²) in [7, 11) is -9.91. The van der Waals surface area contributed by atoms with Gasteiger partial charge in [-0.05, 0) is 91.4 Å². The standard InChI is InChI=1S/C33H56O13P2/c1-18(2)7-6-8-19(3)22-9-10-23-27-24(12-14-33(22,23)5)32(4)13-11-21(15-20(32)16-25(27)34)45-48(41,42)46-31-30(37)29(36)28(35)26(44-31)17-43-47(38,39)40/h16,18-19,21-24,26-31,35-37H,6-15,17H2,1-5H3,(H,41,42)(H2,38,39,40)/t19-,21+,22-,23+,24+,26-,27+,28-,29+,30+,31-,32+,33-/m1/s1. The number of ether oxygens (including phenoxy) is 1. The van der Waals surface area contributed by atoms with Crippen LogP contribution >= 0.6 is 15.6 Å². The summed E-state index contributed by atoms with van der Waals surface area (Å²) in [5, 5.41) is 30.7. The monoisotopic (exact) mass is 722 g/mol. The Morgan fingerprint density at radius 3 is 2.29 bits per heavy atom. The lowest BCUT2D eigenvalue weighted by Gasteiger charge is -2.57. The Morgan fingerprint density at radius 1 is 0.917 bits per heavy atom. The largest absolute Gasteiger partial charge is 0.474 e. The summed E-state index contributed by atoms with van der Waals surface area (Å²) in [6, 6.07) is 0. The average molecular weight is 723 g/mol. The van der Waals surface area contributed by atoms with E-state index in [0.717, 1.165) is 24.8 Å². The van der Waals surface area contributed by atoms with Crippen molar-refractivity contribution >= 4 is 21.4 Å². The summed E-state index contributed by atoms with van der Waals surface area (Å²) in [5.74, 6) is 2.63. The third kappa shape index (κ3) is 7.93. The van der Waals surface area contributed by atoms with Crippen molar-refractivity contribution in [3.63, 3.8) is 0 Å². The van der Waals surface area contributed by atoms with Crippen molar-refractivity contribution in [2.24, 2.45) is 46.3 Å². The number of hydrogen-bond donors (Lipinski definition) is 6. The lowest BCUT2D eigenvalue weighted by Crippen LogP contribution is -2.59. The Morgan fingerprint density at radius 2 is 1.62 bits per heavy atom. The van der Waals surface area contributed by atoms with Crippen molar-refractivity contribution in [3.8, 4) is 0 Å². The van der Waals surface area contributed by atoms with Crippen LogP contribution in [-0.4, -0.2) is 79.2 Å². The van der Waals surface area contributed by atoms with Gasteiger partial charge in [0.15, 0.2) is 12.1 Å². The molecule has 1 unspecified atom stereocenters. The number of allylic oxidation sites excluding steroid dienone is 1. The molecule has 6 N–H and O–H groups in total. The molecule has 4 fully saturated rings. The maximum atomic E-state index is 13.9. The van der Waals surface area contributed by atoms with Gasteiger partial charge < -0.3 is 34.7 Å². The van der Waals surface area contributed by atoms with Crippen LogP contribution in [0.5, 0.6) is 0 Å². The molecule has 0 bridgehead atoms. The van der Waals surface area contributed by atoms with Crippen LogP contribution in [0.4, 0.5) is 0 Å². The fraction of sp³-hybridized carbons (Fsp3) is 0.909. The first-order valence-electron chi connectivity index (χ1n) is 17.6. The van der Waals surface area contributed by atoms with E-state index in [1.807, 2.05) is 0 Å². The van der Waals surface area contributed by atoms with Crippen LogP contribution in [0.1, 0.15) is 98.8 Å². The molecular weight excluding hydrogens is 666 g/mol. The van der Waals surface area contributed by atoms with Crippen molar-refractivity contribution < 1.29 is 62.2 Å². The number of hydrogen-bond acceptors (Lipinski definition) is 10.